The van der Waals surface area contributed by atoms with Crippen LogP contribution in [0.2, 0.25) is 0 Å². The summed E-state index contributed by atoms with van der Waals surface area (Å²) in [6.45, 7) is 2.55. The second-order valence-electron chi connectivity index (χ2n) is 9.99. The van der Waals surface area contributed by atoms with Gasteiger partial charge in [-0.1, -0.05) is 64.5 Å². The van der Waals surface area contributed by atoms with Crippen LogP contribution in [0.25, 0.3) is 0 Å². The first kappa shape index (κ1) is 22.3. The molecule has 2 fully saturated rings. The molecular weight excluding hydrogens is 496 g/mol. The fourth-order valence-electron chi connectivity index (χ4n) is 7.67. The lowest BCUT2D eigenvalue weighted by atomic mass is 9.46. The van der Waals surface area contributed by atoms with Crippen LogP contribution in [-0.4, -0.2) is 30.5 Å². The monoisotopic (exact) mass is 524 g/mol. The maximum absolute atomic E-state index is 14.1. The molecule has 2 aliphatic heterocycles. The van der Waals surface area contributed by atoms with E-state index in [0.29, 0.717) is 44.0 Å². The number of aryl methyl sites for hydroxylation is 2. The summed E-state index contributed by atoms with van der Waals surface area (Å²) in [6, 6.07) is 16.4. The van der Waals surface area contributed by atoms with Crippen LogP contribution in [0.4, 0.5) is 0 Å². The summed E-state index contributed by atoms with van der Waals surface area (Å²) in [5, 5.41) is 0.581. The van der Waals surface area contributed by atoms with Gasteiger partial charge in [0.15, 0.2) is 11.2 Å². The number of fused-ring (bicyclic) bond motifs is 3. The van der Waals surface area contributed by atoms with E-state index in [0.717, 1.165) is 28.7 Å². The Hall–Kier alpha value is -2.18. The molecule has 34 heavy (non-hydrogen) atoms. The van der Waals surface area contributed by atoms with Crippen molar-refractivity contribution < 1.29 is 23.8 Å². The summed E-state index contributed by atoms with van der Waals surface area (Å²) in [5.74, 6) is -0.542. The third-order valence-corrected chi connectivity index (χ3v) is 9.35. The first-order valence-electron chi connectivity index (χ1n) is 12.3. The van der Waals surface area contributed by atoms with E-state index in [1.807, 2.05) is 37.3 Å². The molecule has 6 rings (SSSR count). The van der Waals surface area contributed by atoms with E-state index in [1.54, 1.807) is 0 Å². The molecule has 0 bridgehead atoms. The molecule has 2 aliphatic carbocycles. The van der Waals surface area contributed by atoms with E-state index in [9.17, 15) is 9.59 Å². The van der Waals surface area contributed by atoms with Gasteiger partial charge in [0.1, 0.15) is 10.8 Å². The minimum absolute atomic E-state index is 0.237. The number of halogens is 1. The molecule has 0 N–H and O–H groups in total. The summed E-state index contributed by atoms with van der Waals surface area (Å²) in [5.41, 5.74) is -0.140. The van der Waals surface area contributed by atoms with E-state index < -0.39 is 22.0 Å². The number of esters is 2. The van der Waals surface area contributed by atoms with Gasteiger partial charge in [-0.05, 0) is 62.1 Å². The zero-order chi connectivity index (χ0) is 23.6. The molecule has 178 valence electrons. The van der Waals surface area contributed by atoms with Crippen LogP contribution in [0.3, 0.4) is 0 Å². The van der Waals surface area contributed by atoms with Crippen molar-refractivity contribution in [3.63, 3.8) is 0 Å². The Labute approximate surface area is 208 Å². The molecule has 5 nitrogen and oxygen atoms in total. The van der Waals surface area contributed by atoms with E-state index in [2.05, 4.69) is 34.1 Å². The van der Waals surface area contributed by atoms with Crippen molar-refractivity contribution in [3.8, 4) is 0 Å². The molecule has 2 unspecified atom stereocenters. The molecule has 0 radical (unpaired) electrons. The normalized spacial score (nSPS) is 35.2. The smallest absolute Gasteiger partial charge is 0.316 e. The molecule has 0 saturated carbocycles. The lowest BCUT2D eigenvalue weighted by Gasteiger charge is -2.58. The van der Waals surface area contributed by atoms with Gasteiger partial charge in [-0.3, -0.25) is 9.59 Å². The molecular formula is C28H29BrO5. The van der Waals surface area contributed by atoms with Crippen LogP contribution in [-0.2, 0) is 47.8 Å². The van der Waals surface area contributed by atoms with Crippen molar-refractivity contribution in [1.82, 2.24) is 0 Å². The molecule has 0 amide bonds. The van der Waals surface area contributed by atoms with Crippen LogP contribution < -0.4 is 0 Å². The van der Waals surface area contributed by atoms with Crippen LogP contribution in [0.5, 0.6) is 0 Å². The average Bonchev–Trinajstić information content (AvgIpc) is 3.37. The average molecular weight is 525 g/mol. The minimum Gasteiger partial charge on any atom is -0.465 e. The molecule has 4 atom stereocenters. The van der Waals surface area contributed by atoms with Crippen LogP contribution >= 0.6 is 15.9 Å². The molecule has 2 heterocycles. The Balaban J connectivity index is 1.77. The van der Waals surface area contributed by atoms with Crippen LogP contribution in [0.1, 0.15) is 54.9 Å². The second kappa shape index (κ2) is 7.66. The molecule has 2 aromatic carbocycles. The van der Waals surface area contributed by atoms with E-state index in [4.69, 9.17) is 14.2 Å². The van der Waals surface area contributed by atoms with E-state index in [-0.39, 0.29) is 18.5 Å². The predicted molar refractivity (Wildman–Crippen MR) is 129 cm³/mol. The summed E-state index contributed by atoms with van der Waals surface area (Å²) in [7, 11) is 0. The lowest BCUT2D eigenvalue weighted by molar-refractivity contribution is -0.240. The first-order valence-corrected chi connectivity index (χ1v) is 13.4. The van der Waals surface area contributed by atoms with Gasteiger partial charge in [0.05, 0.1) is 6.61 Å². The maximum Gasteiger partial charge on any atom is 0.316 e. The highest BCUT2D eigenvalue weighted by Gasteiger charge is 2.86. The van der Waals surface area contributed by atoms with Crippen LogP contribution in [0, 0.1) is 10.8 Å². The fraction of sp³-hybridized carbons (Fsp3) is 0.500. The number of alkyl halides is 1. The topological polar surface area (TPSA) is 61.8 Å². The lowest BCUT2D eigenvalue weighted by Crippen LogP contribution is -2.66. The highest BCUT2D eigenvalue weighted by atomic mass is 79.9. The van der Waals surface area contributed by atoms with Crippen molar-refractivity contribution in [2.24, 2.45) is 10.8 Å². The molecule has 0 aromatic heterocycles. The van der Waals surface area contributed by atoms with Gasteiger partial charge in [-0.2, -0.15) is 0 Å². The Bertz CT molecular complexity index is 1180. The first-order chi connectivity index (χ1) is 16.5. The largest absolute Gasteiger partial charge is 0.465 e. The van der Waals surface area contributed by atoms with Crippen molar-refractivity contribution >= 4 is 27.9 Å². The number of carbonyl (C=O) groups is 2. The number of rotatable bonds is 4. The zero-order valence-corrected chi connectivity index (χ0v) is 21.0. The minimum atomic E-state index is -1.31. The Morgan fingerprint density at radius 1 is 0.971 bits per heavy atom. The van der Waals surface area contributed by atoms with Gasteiger partial charge in [0.2, 0.25) is 0 Å². The number of hydrogen-bond donors (Lipinski definition) is 0. The SMILES string of the molecule is CCOC(=O)C1(CCBr)CCc2ccccc2C12OC(=O)[C@]13CCO[C@]21c1ccccc1CC3. The molecule has 6 heteroatoms. The molecule has 4 aliphatic rings. The molecule has 2 saturated heterocycles. The number of carbonyl (C=O) groups excluding carboxylic acids is 2. The van der Waals surface area contributed by atoms with Gasteiger partial charge in [0, 0.05) is 17.5 Å². The highest BCUT2D eigenvalue weighted by molar-refractivity contribution is 9.09. The number of ether oxygens (including phenoxy) is 3. The van der Waals surface area contributed by atoms with Gasteiger partial charge in [0.25, 0.3) is 0 Å². The van der Waals surface area contributed by atoms with Crippen molar-refractivity contribution in [3.05, 3.63) is 70.8 Å². The van der Waals surface area contributed by atoms with Crippen molar-refractivity contribution in [2.45, 2.75) is 56.7 Å². The summed E-state index contributed by atoms with van der Waals surface area (Å²) in [4.78, 5) is 28.2. The van der Waals surface area contributed by atoms with E-state index >= 15 is 0 Å². The Morgan fingerprint density at radius 2 is 1.62 bits per heavy atom. The summed E-state index contributed by atoms with van der Waals surface area (Å²) in [6.07, 6.45) is 3.77. The number of hydrogen-bond acceptors (Lipinski definition) is 5. The predicted octanol–water partition coefficient (Wildman–Crippen LogP) is 4.97. The second-order valence-corrected chi connectivity index (χ2v) is 10.8. The Morgan fingerprint density at radius 3 is 2.29 bits per heavy atom. The van der Waals surface area contributed by atoms with Gasteiger partial charge in [-0.25, -0.2) is 0 Å². The maximum atomic E-state index is 14.1. The quantitative estimate of drug-likeness (QED) is 0.417. The summed E-state index contributed by atoms with van der Waals surface area (Å²) >= 11 is 3.62. The standard InChI is InChI=1S/C28H29BrO5/c1-2-32-23(30)25(15-17-29)13-11-20-8-4-6-10-22(20)28(25)27-21-9-5-3-7-19(21)12-14-26(27,16-18-33-27)24(31)34-28/h3-10H,2,11-18H2,1H3/t25?,26-,27-,28?/m0/s1. The summed E-state index contributed by atoms with van der Waals surface area (Å²) < 4.78 is 19.4. The van der Waals surface area contributed by atoms with Crippen molar-refractivity contribution in [1.29, 1.82) is 0 Å². The van der Waals surface area contributed by atoms with E-state index in [1.165, 1.54) is 0 Å². The zero-order valence-electron chi connectivity index (χ0n) is 19.4. The molecule has 2 aromatic rings. The van der Waals surface area contributed by atoms with Crippen molar-refractivity contribution in [2.75, 3.05) is 18.5 Å². The van der Waals surface area contributed by atoms with Gasteiger partial charge in [-0.15, -0.1) is 0 Å². The van der Waals surface area contributed by atoms with Gasteiger partial charge < -0.3 is 14.2 Å². The number of benzene rings is 2. The van der Waals surface area contributed by atoms with Gasteiger partial charge >= 0.3 is 11.9 Å². The Kier molecular flexibility index (Phi) is 5.02. The highest BCUT2D eigenvalue weighted by Crippen LogP contribution is 2.76. The third-order valence-electron chi connectivity index (χ3n) is 8.95. The fourth-order valence-corrected chi connectivity index (χ4v) is 8.34. The molecule has 1 spiro atoms. The van der Waals surface area contributed by atoms with Crippen LogP contribution in [0.15, 0.2) is 48.5 Å². The third kappa shape index (κ3) is 2.34.